The molecule has 0 aromatic carbocycles. The molecule has 0 radical (unpaired) electrons. The second kappa shape index (κ2) is 6.95. The van der Waals surface area contributed by atoms with Gasteiger partial charge in [0.25, 0.3) is 0 Å². The van der Waals surface area contributed by atoms with Crippen molar-refractivity contribution in [1.82, 2.24) is 10.2 Å². The fourth-order valence-corrected chi connectivity index (χ4v) is 2.72. The second-order valence-electron chi connectivity index (χ2n) is 5.19. The van der Waals surface area contributed by atoms with E-state index in [9.17, 15) is 0 Å². The molecule has 0 amide bonds. The molecule has 18 heavy (non-hydrogen) atoms. The summed E-state index contributed by atoms with van der Waals surface area (Å²) in [5.74, 6) is 2.22. The summed E-state index contributed by atoms with van der Waals surface area (Å²) in [7, 11) is 0. The summed E-state index contributed by atoms with van der Waals surface area (Å²) in [4.78, 5) is 2.57. The van der Waals surface area contributed by atoms with Gasteiger partial charge in [-0.15, -0.1) is 0 Å². The Morgan fingerprint density at radius 3 is 2.78 bits per heavy atom. The molecule has 2 heterocycles. The zero-order valence-corrected chi connectivity index (χ0v) is 11.7. The largest absolute Gasteiger partial charge is 0.465 e. The summed E-state index contributed by atoms with van der Waals surface area (Å²) >= 11 is 0. The maximum atomic E-state index is 5.84. The van der Waals surface area contributed by atoms with E-state index in [0.717, 1.165) is 37.6 Å². The Balaban J connectivity index is 1.95. The van der Waals surface area contributed by atoms with Crippen molar-refractivity contribution in [2.24, 2.45) is 0 Å². The molecule has 1 fully saturated rings. The lowest BCUT2D eigenvalue weighted by molar-refractivity contribution is 0.146. The predicted octanol–water partition coefficient (Wildman–Crippen LogP) is 2.81. The third kappa shape index (κ3) is 3.59. The SMILES string of the molecule is CCCN(Cc1ccc(CC)o1)C1CCCNC1. The Bertz CT molecular complexity index is 342. The monoisotopic (exact) mass is 250 g/mol. The number of furan rings is 1. The molecule has 0 spiro atoms. The van der Waals surface area contributed by atoms with Gasteiger partial charge in [-0.3, -0.25) is 4.90 Å². The minimum absolute atomic E-state index is 0.675. The summed E-state index contributed by atoms with van der Waals surface area (Å²) in [5.41, 5.74) is 0. The van der Waals surface area contributed by atoms with Gasteiger partial charge in [-0.25, -0.2) is 0 Å². The normalized spacial score (nSPS) is 20.5. The lowest BCUT2D eigenvalue weighted by Gasteiger charge is -2.34. The van der Waals surface area contributed by atoms with Crippen molar-refractivity contribution >= 4 is 0 Å². The van der Waals surface area contributed by atoms with Crippen LogP contribution < -0.4 is 5.32 Å². The molecule has 3 heteroatoms. The Kier molecular flexibility index (Phi) is 5.26. The molecule has 0 bridgehead atoms. The first-order valence-corrected chi connectivity index (χ1v) is 7.35. The maximum Gasteiger partial charge on any atom is 0.118 e. The number of nitrogens with one attached hydrogen (secondary N) is 1. The summed E-state index contributed by atoms with van der Waals surface area (Å²) < 4.78 is 5.84. The van der Waals surface area contributed by atoms with Crippen LogP contribution in [0.1, 0.15) is 44.6 Å². The third-order valence-electron chi connectivity index (χ3n) is 3.72. The van der Waals surface area contributed by atoms with Gasteiger partial charge in [-0.2, -0.15) is 0 Å². The highest BCUT2D eigenvalue weighted by atomic mass is 16.3. The highest BCUT2D eigenvalue weighted by molar-refractivity contribution is 5.07. The van der Waals surface area contributed by atoms with E-state index in [0.29, 0.717) is 6.04 Å². The quantitative estimate of drug-likeness (QED) is 0.841. The maximum absolute atomic E-state index is 5.84. The minimum atomic E-state index is 0.675. The van der Waals surface area contributed by atoms with Crippen molar-refractivity contribution in [2.45, 2.75) is 52.1 Å². The van der Waals surface area contributed by atoms with E-state index in [4.69, 9.17) is 4.42 Å². The Morgan fingerprint density at radius 2 is 2.17 bits per heavy atom. The summed E-state index contributed by atoms with van der Waals surface area (Å²) in [5, 5.41) is 3.50. The standard InChI is InChI=1S/C15H26N2O/c1-3-10-17(13-6-5-9-16-11-13)12-15-8-7-14(4-2)18-15/h7-8,13,16H,3-6,9-12H2,1-2H3. The molecule has 1 N–H and O–H groups in total. The van der Waals surface area contributed by atoms with Crippen molar-refractivity contribution in [3.05, 3.63) is 23.7 Å². The Labute approximate surface area is 111 Å². The van der Waals surface area contributed by atoms with Crippen LogP contribution >= 0.6 is 0 Å². The van der Waals surface area contributed by atoms with Crippen LogP contribution in [0.5, 0.6) is 0 Å². The van der Waals surface area contributed by atoms with Gasteiger partial charge in [0.05, 0.1) is 6.54 Å². The molecule has 102 valence electrons. The predicted molar refractivity (Wildman–Crippen MR) is 74.7 cm³/mol. The molecule has 1 unspecified atom stereocenters. The van der Waals surface area contributed by atoms with Crippen LogP contribution in [-0.4, -0.2) is 30.6 Å². The second-order valence-corrected chi connectivity index (χ2v) is 5.19. The first-order valence-electron chi connectivity index (χ1n) is 7.35. The van der Waals surface area contributed by atoms with Crippen molar-refractivity contribution in [2.75, 3.05) is 19.6 Å². The van der Waals surface area contributed by atoms with E-state index in [1.807, 2.05) is 0 Å². The number of rotatable bonds is 6. The summed E-state index contributed by atoms with van der Waals surface area (Å²) in [6.45, 7) is 8.81. The molecule has 1 aromatic rings. The summed E-state index contributed by atoms with van der Waals surface area (Å²) in [6.07, 6.45) is 4.80. The van der Waals surface area contributed by atoms with Gasteiger partial charge in [0.15, 0.2) is 0 Å². The zero-order chi connectivity index (χ0) is 12.8. The van der Waals surface area contributed by atoms with Gasteiger partial charge in [0.1, 0.15) is 11.5 Å². The van der Waals surface area contributed by atoms with Gasteiger partial charge in [-0.05, 0) is 44.5 Å². The van der Waals surface area contributed by atoms with Crippen LogP contribution in [-0.2, 0) is 13.0 Å². The first kappa shape index (κ1) is 13.6. The Hall–Kier alpha value is -0.800. The highest BCUT2D eigenvalue weighted by Gasteiger charge is 2.21. The molecular weight excluding hydrogens is 224 g/mol. The summed E-state index contributed by atoms with van der Waals surface area (Å²) in [6, 6.07) is 4.92. The van der Waals surface area contributed by atoms with Crippen LogP contribution in [0.4, 0.5) is 0 Å². The van der Waals surface area contributed by atoms with Crippen LogP contribution in [0.25, 0.3) is 0 Å². The van der Waals surface area contributed by atoms with E-state index < -0.39 is 0 Å². The number of nitrogens with zero attached hydrogens (tertiary/aromatic N) is 1. The molecule has 0 aliphatic carbocycles. The zero-order valence-electron chi connectivity index (χ0n) is 11.7. The molecule has 1 aromatic heterocycles. The van der Waals surface area contributed by atoms with Gasteiger partial charge in [0.2, 0.25) is 0 Å². The minimum Gasteiger partial charge on any atom is -0.465 e. The lowest BCUT2D eigenvalue weighted by Crippen LogP contribution is -2.45. The molecule has 0 saturated carbocycles. The average molecular weight is 250 g/mol. The van der Waals surface area contributed by atoms with Crippen LogP contribution in [0.2, 0.25) is 0 Å². The van der Waals surface area contributed by atoms with E-state index in [-0.39, 0.29) is 0 Å². The molecule has 1 aliphatic heterocycles. The number of aryl methyl sites for hydroxylation is 1. The van der Waals surface area contributed by atoms with Crippen molar-refractivity contribution < 1.29 is 4.42 Å². The number of hydrogen-bond donors (Lipinski definition) is 1. The van der Waals surface area contributed by atoms with Crippen molar-refractivity contribution in [3.63, 3.8) is 0 Å². The fourth-order valence-electron chi connectivity index (χ4n) is 2.72. The van der Waals surface area contributed by atoms with Crippen molar-refractivity contribution in [3.8, 4) is 0 Å². The van der Waals surface area contributed by atoms with E-state index in [1.54, 1.807) is 0 Å². The number of piperidine rings is 1. The van der Waals surface area contributed by atoms with Gasteiger partial charge in [-0.1, -0.05) is 13.8 Å². The van der Waals surface area contributed by atoms with E-state index >= 15 is 0 Å². The van der Waals surface area contributed by atoms with Crippen LogP contribution in [0.15, 0.2) is 16.5 Å². The molecule has 1 aliphatic rings. The van der Waals surface area contributed by atoms with Gasteiger partial charge < -0.3 is 9.73 Å². The fraction of sp³-hybridized carbons (Fsp3) is 0.733. The smallest absolute Gasteiger partial charge is 0.118 e. The average Bonchev–Trinajstić information content (AvgIpc) is 2.87. The molecular formula is C15H26N2O. The number of hydrogen-bond acceptors (Lipinski definition) is 3. The van der Waals surface area contributed by atoms with Crippen molar-refractivity contribution in [1.29, 1.82) is 0 Å². The van der Waals surface area contributed by atoms with E-state index in [2.05, 4.69) is 36.2 Å². The van der Waals surface area contributed by atoms with E-state index in [1.165, 1.54) is 25.8 Å². The third-order valence-corrected chi connectivity index (χ3v) is 3.72. The molecule has 2 rings (SSSR count). The molecule has 1 atom stereocenters. The topological polar surface area (TPSA) is 28.4 Å². The van der Waals surface area contributed by atoms with Crippen LogP contribution in [0, 0.1) is 0 Å². The molecule has 1 saturated heterocycles. The van der Waals surface area contributed by atoms with Crippen LogP contribution in [0.3, 0.4) is 0 Å². The van der Waals surface area contributed by atoms with Gasteiger partial charge in [0, 0.05) is 19.0 Å². The Morgan fingerprint density at radius 1 is 1.33 bits per heavy atom. The lowest BCUT2D eigenvalue weighted by atomic mass is 10.1. The van der Waals surface area contributed by atoms with Gasteiger partial charge >= 0.3 is 0 Å². The molecule has 3 nitrogen and oxygen atoms in total. The highest BCUT2D eigenvalue weighted by Crippen LogP contribution is 2.17. The first-order chi connectivity index (χ1) is 8.83.